The fourth-order valence-electron chi connectivity index (χ4n) is 3.84. The molecule has 4 rings (SSSR count). The summed E-state index contributed by atoms with van der Waals surface area (Å²) >= 11 is 0. The smallest absolute Gasteiger partial charge is 0.254 e. The first-order valence-corrected chi connectivity index (χ1v) is 10.0. The summed E-state index contributed by atoms with van der Waals surface area (Å²) < 4.78 is 16.2. The van der Waals surface area contributed by atoms with E-state index in [1.165, 1.54) is 0 Å². The monoisotopic (exact) mass is 407 g/mol. The maximum absolute atomic E-state index is 13.0. The highest BCUT2D eigenvalue weighted by atomic mass is 16.5. The molecule has 7 heteroatoms. The van der Waals surface area contributed by atoms with Crippen LogP contribution in [0.1, 0.15) is 40.6 Å². The van der Waals surface area contributed by atoms with Crippen LogP contribution in [0.4, 0.5) is 0 Å². The van der Waals surface area contributed by atoms with Crippen molar-refractivity contribution in [2.45, 2.75) is 25.7 Å². The number of aromatic nitrogens is 2. The van der Waals surface area contributed by atoms with E-state index in [2.05, 4.69) is 10.1 Å². The van der Waals surface area contributed by atoms with Crippen molar-refractivity contribution in [2.24, 2.45) is 0 Å². The van der Waals surface area contributed by atoms with Crippen molar-refractivity contribution < 1.29 is 18.8 Å². The lowest BCUT2D eigenvalue weighted by molar-refractivity contribution is 0.0695. The maximum atomic E-state index is 13.0. The minimum Gasteiger partial charge on any atom is -0.493 e. The molecular formula is C23H25N3O4. The van der Waals surface area contributed by atoms with Crippen molar-refractivity contribution in [1.82, 2.24) is 15.0 Å². The third kappa shape index (κ3) is 3.87. The molecule has 1 atom stereocenters. The summed E-state index contributed by atoms with van der Waals surface area (Å²) in [6.07, 6.45) is 1.81. The lowest BCUT2D eigenvalue weighted by Gasteiger charge is -2.31. The van der Waals surface area contributed by atoms with E-state index < -0.39 is 0 Å². The number of nitrogens with zero attached hydrogens (tertiary/aromatic N) is 3. The Hall–Kier alpha value is -3.35. The van der Waals surface area contributed by atoms with Gasteiger partial charge in [-0.3, -0.25) is 4.79 Å². The lowest BCUT2D eigenvalue weighted by atomic mass is 9.96. The van der Waals surface area contributed by atoms with E-state index in [1.54, 1.807) is 14.2 Å². The first kappa shape index (κ1) is 19.9. The van der Waals surface area contributed by atoms with Crippen molar-refractivity contribution in [3.63, 3.8) is 0 Å². The number of aryl methyl sites for hydroxylation is 1. The third-order valence-electron chi connectivity index (χ3n) is 5.52. The zero-order chi connectivity index (χ0) is 21.1. The summed E-state index contributed by atoms with van der Waals surface area (Å²) in [7, 11) is 3.18. The van der Waals surface area contributed by atoms with Crippen LogP contribution in [0.3, 0.4) is 0 Å². The van der Waals surface area contributed by atoms with Gasteiger partial charge in [0.2, 0.25) is 11.7 Å². The lowest BCUT2D eigenvalue weighted by Crippen LogP contribution is -2.39. The Morgan fingerprint density at radius 2 is 1.93 bits per heavy atom. The number of hydrogen-bond donors (Lipinski definition) is 0. The fraction of sp³-hybridized carbons (Fsp3) is 0.348. The molecule has 156 valence electrons. The summed E-state index contributed by atoms with van der Waals surface area (Å²) in [5.41, 5.74) is 2.51. The molecule has 30 heavy (non-hydrogen) atoms. The number of rotatable bonds is 5. The summed E-state index contributed by atoms with van der Waals surface area (Å²) in [6, 6.07) is 13.2. The van der Waals surface area contributed by atoms with Gasteiger partial charge in [-0.15, -0.1) is 0 Å². The molecule has 1 aromatic heterocycles. The van der Waals surface area contributed by atoms with Gasteiger partial charge in [-0.05, 0) is 49.6 Å². The summed E-state index contributed by atoms with van der Waals surface area (Å²) in [6.45, 7) is 3.27. The number of amides is 1. The van der Waals surface area contributed by atoms with Crippen LogP contribution in [0.25, 0.3) is 11.4 Å². The Bertz CT molecular complexity index is 1050. The van der Waals surface area contributed by atoms with Gasteiger partial charge in [0.15, 0.2) is 11.5 Å². The molecule has 1 amide bonds. The van der Waals surface area contributed by atoms with E-state index in [0.29, 0.717) is 29.8 Å². The Morgan fingerprint density at radius 1 is 1.13 bits per heavy atom. The largest absolute Gasteiger partial charge is 0.493 e. The van der Waals surface area contributed by atoms with Crippen molar-refractivity contribution in [3.05, 3.63) is 59.5 Å². The summed E-state index contributed by atoms with van der Waals surface area (Å²) in [5, 5.41) is 4.15. The Kier molecular flexibility index (Phi) is 5.70. The molecule has 2 aromatic carbocycles. The molecule has 0 aliphatic carbocycles. The van der Waals surface area contributed by atoms with E-state index in [1.807, 2.05) is 54.3 Å². The summed E-state index contributed by atoms with van der Waals surface area (Å²) in [4.78, 5) is 19.5. The number of benzene rings is 2. The van der Waals surface area contributed by atoms with Crippen LogP contribution in [0.15, 0.2) is 47.0 Å². The molecular weight excluding hydrogens is 382 g/mol. The van der Waals surface area contributed by atoms with Gasteiger partial charge < -0.3 is 18.9 Å². The van der Waals surface area contributed by atoms with E-state index in [9.17, 15) is 4.79 Å². The van der Waals surface area contributed by atoms with Gasteiger partial charge in [0, 0.05) is 24.2 Å². The second kappa shape index (κ2) is 8.57. The number of carbonyl (C=O) groups is 1. The summed E-state index contributed by atoms with van der Waals surface area (Å²) in [5.74, 6) is 2.37. The topological polar surface area (TPSA) is 77.7 Å². The second-order valence-corrected chi connectivity index (χ2v) is 7.43. The van der Waals surface area contributed by atoms with Gasteiger partial charge in [0.05, 0.1) is 20.1 Å². The van der Waals surface area contributed by atoms with E-state index in [-0.39, 0.29) is 11.8 Å². The first-order chi connectivity index (χ1) is 14.6. The zero-order valence-corrected chi connectivity index (χ0v) is 17.4. The van der Waals surface area contributed by atoms with Crippen molar-refractivity contribution >= 4 is 5.91 Å². The quantitative estimate of drug-likeness (QED) is 0.634. The molecule has 7 nitrogen and oxygen atoms in total. The highest BCUT2D eigenvalue weighted by Gasteiger charge is 2.29. The molecule has 0 bridgehead atoms. The van der Waals surface area contributed by atoms with E-state index >= 15 is 0 Å². The standard InChI is InChI=1S/C23H25N3O4/c1-15-7-4-5-9-18(15)23(27)26-12-6-8-17(14-26)22-24-21(25-30-22)16-10-11-19(28-2)20(13-16)29-3/h4-5,7,9-11,13,17H,6,8,12,14H2,1-3H3/t17-/m0/s1. The minimum absolute atomic E-state index is 0.0214. The molecule has 2 heterocycles. The Morgan fingerprint density at radius 3 is 2.70 bits per heavy atom. The predicted molar refractivity (Wildman–Crippen MR) is 112 cm³/mol. The van der Waals surface area contributed by atoms with Crippen LogP contribution in [-0.2, 0) is 0 Å². The van der Waals surface area contributed by atoms with Crippen LogP contribution >= 0.6 is 0 Å². The second-order valence-electron chi connectivity index (χ2n) is 7.43. The van der Waals surface area contributed by atoms with Crippen LogP contribution in [0, 0.1) is 6.92 Å². The van der Waals surface area contributed by atoms with Gasteiger partial charge >= 0.3 is 0 Å². The average molecular weight is 407 g/mol. The van der Waals surface area contributed by atoms with Crippen LogP contribution < -0.4 is 9.47 Å². The van der Waals surface area contributed by atoms with Crippen LogP contribution in [0.2, 0.25) is 0 Å². The van der Waals surface area contributed by atoms with Crippen molar-refractivity contribution in [2.75, 3.05) is 27.3 Å². The number of likely N-dealkylation sites (tertiary alicyclic amines) is 1. The number of methoxy groups -OCH3 is 2. The van der Waals surface area contributed by atoms with Gasteiger partial charge in [-0.1, -0.05) is 23.4 Å². The molecule has 0 spiro atoms. The number of ether oxygens (including phenoxy) is 2. The molecule has 1 aliphatic rings. The molecule has 0 N–H and O–H groups in total. The highest BCUT2D eigenvalue weighted by molar-refractivity contribution is 5.95. The number of hydrogen-bond acceptors (Lipinski definition) is 6. The molecule has 1 fully saturated rings. The first-order valence-electron chi connectivity index (χ1n) is 10.0. The zero-order valence-electron chi connectivity index (χ0n) is 17.4. The van der Waals surface area contributed by atoms with Crippen LogP contribution in [-0.4, -0.2) is 48.3 Å². The number of carbonyl (C=O) groups excluding carboxylic acids is 1. The highest BCUT2D eigenvalue weighted by Crippen LogP contribution is 2.33. The Balaban J connectivity index is 1.52. The average Bonchev–Trinajstić information content (AvgIpc) is 3.29. The molecule has 3 aromatic rings. The van der Waals surface area contributed by atoms with Gasteiger partial charge in [0.1, 0.15) is 0 Å². The van der Waals surface area contributed by atoms with Gasteiger partial charge in [-0.25, -0.2) is 0 Å². The molecule has 1 saturated heterocycles. The normalized spacial score (nSPS) is 16.4. The van der Waals surface area contributed by atoms with Crippen molar-refractivity contribution in [3.8, 4) is 22.9 Å². The third-order valence-corrected chi connectivity index (χ3v) is 5.52. The van der Waals surface area contributed by atoms with E-state index in [0.717, 1.165) is 36.1 Å². The maximum Gasteiger partial charge on any atom is 0.254 e. The SMILES string of the molecule is COc1ccc(-c2noc([C@H]3CCCN(C(=O)c4ccccc4C)C3)n2)cc1OC. The van der Waals surface area contributed by atoms with E-state index in [4.69, 9.17) is 14.0 Å². The minimum atomic E-state index is 0.0214. The van der Waals surface area contributed by atoms with Crippen LogP contribution in [0.5, 0.6) is 11.5 Å². The predicted octanol–water partition coefficient (Wildman–Crippen LogP) is 4.08. The Labute approximate surface area is 175 Å². The fourth-order valence-corrected chi connectivity index (χ4v) is 3.84. The molecule has 0 unspecified atom stereocenters. The van der Waals surface area contributed by atoms with Crippen molar-refractivity contribution in [1.29, 1.82) is 0 Å². The number of piperidine rings is 1. The molecule has 0 radical (unpaired) electrons. The van der Waals surface area contributed by atoms with Gasteiger partial charge in [0.25, 0.3) is 5.91 Å². The molecule has 1 aliphatic heterocycles. The molecule has 0 saturated carbocycles. The van der Waals surface area contributed by atoms with Gasteiger partial charge in [-0.2, -0.15) is 4.98 Å².